The van der Waals surface area contributed by atoms with Crippen molar-refractivity contribution in [2.45, 2.75) is 39.5 Å². The summed E-state index contributed by atoms with van der Waals surface area (Å²) in [5.74, 6) is 0.418. The van der Waals surface area contributed by atoms with Crippen molar-refractivity contribution in [3.63, 3.8) is 0 Å². The van der Waals surface area contributed by atoms with E-state index in [-0.39, 0.29) is 0 Å². The third-order valence-electron chi connectivity index (χ3n) is 3.23. The van der Waals surface area contributed by atoms with E-state index in [0.717, 1.165) is 16.1 Å². The van der Waals surface area contributed by atoms with E-state index in [1.807, 2.05) is 0 Å². The van der Waals surface area contributed by atoms with Gasteiger partial charge in [0, 0.05) is 4.90 Å². The van der Waals surface area contributed by atoms with Crippen LogP contribution < -0.4 is 5.43 Å². The van der Waals surface area contributed by atoms with Gasteiger partial charge < -0.3 is 0 Å². The first kappa shape index (κ1) is 22.9. The summed E-state index contributed by atoms with van der Waals surface area (Å²) in [6.45, 7) is 10.1. The Morgan fingerprint density at radius 3 is 2.18 bits per heavy atom. The maximum atomic E-state index is 8.78. The molecule has 3 nitrogen and oxygen atoms in total. The molecular weight excluding hydrogens is 582 g/mol. The maximum absolute atomic E-state index is 8.78. The van der Waals surface area contributed by atoms with Crippen molar-refractivity contribution in [2.75, 3.05) is 11.2 Å². The van der Waals surface area contributed by atoms with Crippen LogP contribution in [0.1, 0.15) is 29.2 Å². The fourth-order valence-electron chi connectivity index (χ4n) is 1.83. The number of hydrazone groups is 1. The van der Waals surface area contributed by atoms with Gasteiger partial charge in [-0.15, -0.1) is 11.8 Å². The molecule has 0 radical (unpaired) electrons. The molecule has 0 amide bonds. The molecule has 0 aliphatic heterocycles. The zero-order chi connectivity index (χ0) is 17.3. The van der Waals surface area contributed by atoms with Gasteiger partial charge in [-0.2, -0.15) is 10.4 Å². The standard InChI is InChI=1S/C14H18ClN3S.2HI.V/c1-8-9(2)11(4)14(19-7-6-16)13(10(8)3)18-17-12(5)15;;;/h18H,7H2,1-5H3;2*1H;/q;;;+2/p-2/b17-12-;;;. The predicted molar refractivity (Wildman–Crippen MR) is 112 cm³/mol. The molecule has 0 fully saturated rings. The van der Waals surface area contributed by atoms with Crippen LogP contribution in [-0.4, -0.2) is 10.9 Å². The fourth-order valence-corrected chi connectivity index (χ4v) is 2.79. The zero-order valence-corrected chi connectivity index (χ0v) is 20.4. The summed E-state index contributed by atoms with van der Waals surface area (Å²) in [6, 6.07) is 2.16. The molecule has 22 heavy (non-hydrogen) atoms. The van der Waals surface area contributed by atoms with Gasteiger partial charge in [-0.25, -0.2) is 0 Å². The topological polar surface area (TPSA) is 48.2 Å². The van der Waals surface area contributed by atoms with Gasteiger partial charge >= 0.3 is 49.4 Å². The minimum absolute atomic E-state index is 0.418. The molecule has 0 aromatic heterocycles. The Hall–Kier alpha value is 0.864. The SMILES string of the molecule is C/C(Cl)=N/Nc1c(C)c(C)c(C)c(C)c1SCC#N.[I][V][I]. The average Bonchev–Trinajstić information content (AvgIpc) is 2.47. The molecule has 0 aliphatic carbocycles. The Bertz CT molecular complexity index is 585. The quantitative estimate of drug-likeness (QED) is 0.191. The molecule has 0 bridgehead atoms. The van der Waals surface area contributed by atoms with E-state index >= 15 is 0 Å². The molecule has 0 atom stereocenters. The van der Waals surface area contributed by atoms with Gasteiger partial charge in [-0.3, -0.25) is 5.43 Å². The van der Waals surface area contributed by atoms with Crippen LogP contribution in [0.15, 0.2) is 10.00 Å². The Kier molecular flexibility index (Phi) is 12.7. The zero-order valence-electron chi connectivity index (χ0n) is 13.1. The van der Waals surface area contributed by atoms with Crippen LogP contribution in [0.25, 0.3) is 0 Å². The van der Waals surface area contributed by atoms with Gasteiger partial charge in [0.25, 0.3) is 0 Å². The van der Waals surface area contributed by atoms with Crippen molar-refractivity contribution in [3.05, 3.63) is 22.3 Å². The van der Waals surface area contributed by atoms with Crippen LogP contribution in [0.4, 0.5) is 5.69 Å². The summed E-state index contributed by atoms with van der Waals surface area (Å²) < 4.78 is 0. The molecular formula is C14H18ClI2N3SV. The molecule has 0 spiro atoms. The molecule has 8 heteroatoms. The Morgan fingerprint density at radius 1 is 1.23 bits per heavy atom. The number of nitrogens with zero attached hydrogens (tertiary/aromatic N) is 2. The van der Waals surface area contributed by atoms with Crippen molar-refractivity contribution < 1.29 is 9.47 Å². The van der Waals surface area contributed by atoms with Crippen LogP contribution in [0, 0.1) is 39.0 Å². The molecule has 0 saturated carbocycles. The molecule has 0 saturated heterocycles. The van der Waals surface area contributed by atoms with E-state index in [9.17, 15) is 0 Å². The summed E-state index contributed by atoms with van der Waals surface area (Å²) in [5.41, 5.74) is 8.80. The second kappa shape index (κ2) is 12.3. The number of nitriles is 1. The van der Waals surface area contributed by atoms with Crippen molar-refractivity contribution in [3.8, 4) is 6.07 Å². The van der Waals surface area contributed by atoms with Crippen LogP contribution in [-0.2, 0) is 9.47 Å². The van der Waals surface area contributed by atoms with E-state index in [1.165, 1.54) is 28.5 Å². The van der Waals surface area contributed by atoms with Gasteiger partial charge in [0.15, 0.2) is 0 Å². The first-order chi connectivity index (χ1) is 10.3. The number of rotatable bonds is 4. The molecule has 0 aliphatic rings. The number of benzene rings is 1. The van der Waals surface area contributed by atoms with Crippen LogP contribution in [0.2, 0.25) is 0 Å². The van der Waals surface area contributed by atoms with E-state index in [2.05, 4.69) is 84.2 Å². The number of anilines is 1. The van der Waals surface area contributed by atoms with Gasteiger partial charge in [-0.05, 0) is 56.9 Å². The van der Waals surface area contributed by atoms with Gasteiger partial charge in [0.2, 0.25) is 0 Å². The second-order valence-electron chi connectivity index (χ2n) is 4.44. The molecule has 0 unspecified atom stereocenters. The predicted octanol–water partition coefficient (Wildman–Crippen LogP) is 6.29. The monoisotopic (exact) mass is 600 g/mol. The summed E-state index contributed by atoms with van der Waals surface area (Å²) in [6.07, 6.45) is 0. The Morgan fingerprint density at radius 2 is 1.73 bits per heavy atom. The molecule has 0 heterocycles. The van der Waals surface area contributed by atoms with Gasteiger partial charge in [0.05, 0.1) is 17.5 Å². The van der Waals surface area contributed by atoms with Crippen molar-refractivity contribution >= 4 is 74.2 Å². The third-order valence-corrected chi connectivity index (χ3v) is 4.39. The van der Waals surface area contributed by atoms with Crippen molar-refractivity contribution in [1.82, 2.24) is 0 Å². The molecule has 1 aromatic carbocycles. The van der Waals surface area contributed by atoms with Crippen LogP contribution >= 0.6 is 63.3 Å². The number of hydrogen-bond acceptors (Lipinski definition) is 4. The molecule has 1 N–H and O–H groups in total. The van der Waals surface area contributed by atoms with E-state index in [1.54, 1.807) is 6.92 Å². The number of thioether (sulfide) groups is 1. The number of nitrogens with one attached hydrogen (secondary N) is 1. The first-order valence-corrected chi connectivity index (χ1v) is 16.7. The Balaban J connectivity index is 0.00000135. The van der Waals surface area contributed by atoms with Crippen molar-refractivity contribution in [2.24, 2.45) is 5.10 Å². The summed E-state index contributed by atoms with van der Waals surface area (Å²) in [4.78, 5) is 1.07. The van der Waals surface area contributed by atoms with E-state index in [0.29, 0.717) is 20.4 Å². The summed E-state index contributed by atoms with van der Waals surface area (Å²) in [7, 11) is 0.628. The minimum atomic E-state index is 0.418. The van der Waals surface area contributed by atoms with E-state index < -0.39 is 0 Å². The van der Waals surface area contributed by atoms with Crippen LogP contribution in [0.3, 0.4) is 0 Å². The molecule has 1 rings (SSSR count). The molecule has 1 aromatic rings. The number of hydrogen-bond donors (Lipinski definition) is 1. The van der Waals surface area contributed by atoms with E-state index in [4.69, 9.17) is 16.9 Å². The van der Waals surface area contributed by atoms with Gasteiger partial charge in [0.1, 0.15) is 5.17 Å². The summed E-state index contributed by atoms with van der Waals surface area (Å²) in [5, 5.41) is 13.3. The molecule has 121 valence electrons. The Labute approximate surface area is 171 Å². The van der Waals surface area contributed by atoms with Gasteiger partial charge in [-0.1, -0.05) is 11.6 Å². The number of halogens is 3. The third kappa shape index (κ3) is 7.18. The fraction of sp³-hybridized carbons (Fsp3) is 0.429. The normalized spacial score (nSPS) is 10.4. The van der Waals surface area contributed by atoms with Crippen LogP contribution in [0.5, 0.6) is 0 Å². The summed E-state index contributed by atoms with van der Waals surface area (Å²) >= 11 is 12.0. The average molecular weight is 601 g/mol. The van der Waals surface area contributed by atoms with Crippen molar-refractivity contribution in [1.29, 1.82) is 5.26 Å². The first-order valence-electron chi connectivity index (χ1n) is 6.29. The second-order valence-corrected chi connectivity index (χ2v) is 17.8.